The van der Waals surface area contributed by atoms with Gasteiger partial charge in [0.1, 0.15) is 17.6 Å². The number of ketones is 1. The Kier molecular flexibility index (Phi) is 5.35. The number of cyclic esters (lactones) is 1. The Balaban J connectivity index is 1.18. The first kappa shape index (κ1) is 23.1. The highest BCUT2D eigenvalue weighted by atomic mass is 16.7. The maximum atomic E-state index is 13.0. The van der Waals surface area contributed by atoms with Gasteiger partial charge >= 0.3 is 5.97 Å². The van der Waals surface area contributed by atoms with Crippen LogP contribution in [-0.2, 0) is 23.8 Å². The number of carbonyl (C=O) groups is 2. The monoisotopic (exact) mass is 474 g/mol. The van der Waals surface area contributed by atoms with Gasteiger partial charge in [-0.3, -0.25) is 9.59 Å². The van der Waals surface area contributed by atoms with E-state index in [1.165, 1.54) is 0 Å². The lowest BCUT2D eigenvalue weighted by atomic mass is 9.45. The fraction of sp³-hybridized carbons (Fsp3) is 0.852. The highest BCUT2D eigenvalue weighted by molar-refractivity contribution is 6.05. The zero-order valence-corrected chi connectivity index (χ0v) is 20.4. The molecule has 0 aromatic rings. The molecule has 0 aromatic carbocycles. The van der Waals surface area contributed by atoms with Crippen LogP contribution in [0.2, 0.25) is 0 Å². The summed E-state index contributed by atoms with van der Waals surface area (Å²) in [5, 5.41) is 20.1. The Morgan fingerprint density at radius 2 is 1.82 bits per heavy atom. The zero-order chi connectivity index (χ0) is 24.0. The molecule has 0 unspecified atom stereocenters. The van der Waals surface area contributed by atoms with Gasteiger partial charge in [-0.2, -0.15) is 0 Å². The lowest BCUT2D eigenvalue weighted by molar-refractivity contribution is -0.267. The Labute approximate surface area is 201 Å². The van der Waals surface area contributed by atoms with Gasteiger partial charge in [-0.1, -0.05) is 6.92 Å². The van der Waals surface area contributed by atoms with E-state index in [0.29, 0.717) is 24.2 Å². The van der Waals surface area contributed by atoms with E-state index >= 15 is 0 Å². The lowest BCUT2D eigenvalue weighted by Crippen LogP contribution is -2.54. The van der Waals surface area contributed by atoms with Crippen molar-refractivity contribution in [3.05, 3.63) is 11.6 Å². The van der Waals surface area contributed by atoms with Crippen LogP contribution in [0.25, 0.3) is 0 Å². The number of fused-ring (bicyclic) bond motifs is 4. The Morgan fingerprint density at radius 3 is 2.59 bits per heavy atom. The number of esters is 1. The first-order valence-corrected chi connectivity index (χ1v) is 13.3. The second-order valence-electron chi connectivity index (χ2n) is 12.2. The van der Waals surface area contributed by atoms with Crippen LogP contribution in [-0.4, -0.2) is 58.8 Å². The Morgan fingerprint density at radius 1 is 1.03 bits per heavy atom. The first-order valence-electron chi connectivity index (χ1n) is 13.3. The lowest BCUT2D eigenvalue weighted by Gasteiger charge is -2.59. The second-order valence-corrected chi connectivity index (χ2v) is 12.2. The molecule has 6 rings (SSSR count). The third-order valence-corrected chi connectivity index (χ3v) is 10.7. The fourth-order valence-electron chi connectivity index (χ4n) is 8.95. The van der Waals surface area contributed by atoms with Gasteiger partial charge in [-0.15, -0.1) is 0 Å². The summed E-state index contributed by atoms with van der Waals surface area (Å²) in [6.07, 6.45) is 6.04. The van der Waals surface area contributed by atoms with Gasteiger partial charge in [0.05, 0.1) is 24.2 Å². The molecule has 188 valence electrons. The molecule has 6 aliphatic rings. The van der Waals surface area contributed by atoms with Gasteiger partial charge in [-0.25, -0.2) is 0 Å². The molecule has 12 atom stereocenters. The zero-order valence-electron chi connectivity index (χ0n) is 20.4. The largest absolute Gasteiger partial charge is 0.461 e. The molecule has 0 amide bonds. The normalized spacial score (nSPS) is 54.4. The summed E-state index contributed by atoms with van der Waals surface area (Å²) in [5.74, 6) is 0.894. The van der Waals surface area contributed by atoms with E-state index in [-0.39, 0.29) is 35.3 Å². The van der Waals surface area contributed by atoms with Crippen LogP contribution in [0, 0.1) is 34.5 Å². The molecule has 0 bridgehead atoms. The van der Waals surface area contributed by atoms with Gasteiger partial charge in [-0.05, 0) is 93.6 Å². The molecule has 7 heteroatoms. The van der Waals surface area contributed by atoms with Crippen LogP contribution in [0.3, 0.4) is 0 Å². The van der Waals surface area contributed by atoms with Crippen LogP contribution >= 0.6 is 0 Å². The van der Waals surface area contributed by atoms with Crippen molar-refractivity contribution in [3.8, 4) is 0 Å². The van der Waals surface area contributed by atoms with Crippen molar-refractivity contribution in [1.82, 2.24) is 0 Å². The SMILES string of the molecule is C[C@H]1O[C@@H](O[C@H]2CC[C@@]3(C)[C@@H](CC[C@H]4C5=CC(=O)[C@@H]6[C@@H](C)OC(=O)[C@]56CC[C@@H]43)C2)C[C@H](O)[C@@H]1O. The molecular formula is C27H38O7. The number of ether oxygens (including phenoxy) is 3. The molecule has 2 N–H and O–H groups in total. The molecule has 7 nitrogen and oxygen atoms in total. The summed E-state index contributed by atoms with van der Waals surface area (Å²) < 4.78 is 17.7. The van der Waals surface area contributed by atoms with Crippen LogP contribution in [0.15, 0.2) is 11.6 Å². The molecule has 5 fully saturated rings. The Hall–Kier alpha value is -1.28. The highest BCUT2D eigenvalue weighted by Crippen LogP contribution is 2.67. The molecule has 1 spiro atoms. The molecule has 2 saturated heterocycles. The van der Waals surface area contributed by atoms with Gasteiger partial charge in [0, 0.05) is 6.42 Å². The quantitative estimate of drug-likeness (QED) is 0.469. The molecule has 4 aliphatic carbocycles. The average molecular weight is 475 g/mol. The Bertz CT molecular complexity index is 903. The van der Waals surface area contributed by atoms with E-state index < -0.39 is 30.0 Å². The van der Waals surface area contributed by atoms with E-state index in [9.17, 15) is 19.8 Å². The van der Waals surface area contributed by atoms with Crippen molar-refractivity contribution in [3.63, 3.8) is 0 Å². The fourth-order valence-corrected chi connectivity index (χ4v) is 8.95. The number of aliphatic hydroxyl groups is 2. The summed E-state index contributed by atoms with van der Waals surface area (Å²) in [6, 6.07) is 0. The predicted octanol–water partition coefficient (Wildman–Crippen LogP) is 2.91. The molecule has 0 aromatic heterocycles. The minimum Gasteiger partial charge on any atom is -0.461 e. The summed E-state index contributed by atoms with van der Waals surface area (Å²) in [6.45, 7) is 6.06. The van der Waals surface area contributed by atoms with Crippen molar-refractivity contribution in [2.75, 3.05) is 0 Å². The van der Waals surface area contributed by atoms with Crippen LogP contribution in [0.4, 0.5) is 0 Å². The van der Waals surface area contributed by atoms with Crippen LogP contribution < -0.4 is 0 Å². The molecule has 34 heavy (non-hydrogen) atoms. The van der Waals surface area contributed by atoms with E-state index in [4.69, 9.17) is 14.2 Å². The minimum absolute atomic E-state index is 0.0894. The topological polar surface area (TPSA) is 102 Å². The van der Waals surface area contributed by atoms with Gasteiger partial charge < -0.3 is 24.4 Å². The molecule has 2 heterocycles. The first-order chi connectivity index (χ1) is 16.1. The maximum Gasteiger partial charge on any atom is 0.317 e. The van der Waals surface area contributed by atoms with Gasteiger partial charge in [0.25, 0.3) is 0 Å². The van der Waals surface area contributed by atoms with E-state index in [2.05, 4.69) is 6.92 Å². The number of aliphatic hydroxyl groups excluding tert-OH is 2. The second kappa shape index (κ2) is 7.86. The van der Waals surface area contributed by atoms with Crippen LogP contribution in [0.5, 0.6) is 0 Å². The number of rotatable bonds is 2. The third kappa shape index (κ3) is 3.09. The molecule has 3 saturated carbocycles. The summed E-state index contributed by atoms with van der Waals surface area (Å²) in [5.41, 5.74) is 0.557. The van der Waals surface area contributed by atoms with Crippen molar-refractivity contribution in [2.45, 2.75) is 109 Å². The highest BCUT2D eigenvalue weighted by Gasteiger charge is 2.68. The molecule has 2 aliphatic heterocycles. The van der Waals surface area contributed by atoms with Gasteiger partial charge in [0.2, 0.25) is 0 Å². The van der Waals surface area contributed by atoms with E-state index in [0.717, 1.165) is 50.5 Å². The van der Waals surface area contributed by atoms with Crippen molar-refractivity contribution >= 4 is 11.8 Å². The average Bonchev–Trinajstić information content (AvgIpc) is 3.23. The smallest absolute Gasteiger partial charge is 0.317 e. The summed E-state index contributed by atoms with van der Waals surface area (Å²) in [7, 11) is 0. The number of carbonyl (C=O) groups excluding carboxylic acids is 2. The van der Waals surface area contributed by atoms with E-state index in [1.807, 2.05) is 13.0 Å². The maximum absolute atomic E-state index is 13.0. The van der Waals surface area contributed by atoms with Crippen LogP contribution in [0.1, 0.15) is 72.1 Å². The van der Waals surface area contributed by atoms with Crippen molar-refractivity contribution in [2.24, 2.45) is 34.5 Å². The number of hydrogen-bond donors (Lipinski definition) is 2. The van der Waals surface area contributed by atoms with Crippen molar-refractivity contribution in [1.29, 1.82) is 0 Å². The van der Waals surface area contributed by atoms with Gasteiger partial charge in [0.15, 0.2) is 12.1 Å². The molecular weight excluding hydrogens is 436 g/mol. The third-order valence-electron chi connectivity index (χ3n) is 10.7. The van der Waals surface area contributed by atoms with Crippen molar-refractivity contribution < 1.29 is 34.0 Å². The predicted molar refractivity (Wildman–Crippen MR) is 121 cm³/mol. The minimum atomic E-state index is -0.865. The summed E-state index contributed by atoms with van der Waals surface area (Å²) >= 11 is 0. The standard InChI is InChI=1S/C27H38O7/c1-13-23-20(28)11-19-17-5-4-15-10-16(34-22-12-21(29)24(30)14(2)32-22)6-8-26(15,3)18(17)7-9-27(19,23)25(31)33-13/h11,13-18,21-24,29-30H,4-10,12H2,1-3H3/t13-,14-,15+,16+,17-,18+,21+,22+,23+,24-,26+,27-/m1/s1. The van der Waals surface area contributed by atoms with E-state index in [1.54, 1.807) is 6.92 Å². The molecule has 0 radical (unpaired) electrons. The number of hydrogen-bond acceptors (Lipinski definition) is 7. The number of allylic oxidation sites excluding steroid dienone is 1. The summed E-state index contributed by atoms with van der Waals surface area (Å²) in [4.78, 5) is 26.0.